The first kappa shape index (κ1) is 17.4. The maximum Gasteiger partial charge on any atom is 0.264 e. The lowest BCUT2D eigenvalue weighted by Gasteiger charge is -2.08. The lowest BCUT2D eigenvalue weighted by atomic mass is 10.2. The van der Waals surface area contributed by atoms with Crippen LogP contribution in [0, 0.1) is 6.92 Å². The van der Waals surface area contributed by atoms with Gasteiger partial charge in [-0.1, -0.05) is 36.0 Å². The number of Topliss-reactive ketones (excluding diaryl/α,β-unsaturated/α-hetero) is 1. The van der Waals surface area contributed by atoms with Crippen molar-refractivity contribution in [1.29, 1.82) is 0 Å². The average Bonchev–Trinajstić information content (AvgIpc) is 2.98. The van der Waals surface area contributed by atoms with E-state index in [0.29, 0.717) is 10.7 Å². The average molecular weight is 354 g/mol. The third kappa shape index (κ3) is 3.81. The number of carbonyl (C=O) groups is 2. The molecule has 3 rings (SSSR count). The molecule has 0 fully saturated rings. The Labute approximate surface area is 150 Å². The summed E-state index contributed by atoms with van der Waals surface area (Å²) in [6.45, 7) is 2.03. The first-order chi connectivity index (χ1) is 12.1. The number of imidazole rings is 1. The van der Waals surface area contributed by atoms with Crippen molar-refractivity contribution in [1.82, 2.24) is 9.55 Å². The van der Waals surface area contributed by atoms with E-state index in [1.165, 1.54) is 18.9 Å². The van der Waals surface area contributed by atoms with E-state index in [-0.39, 0.29) is 24.1 Å². The first-order valence-corrected chi connectivity index (χ1v) is 8.81. The second kappa shape index (κ2) is 7.63. The number of ether oxygens (including phenoxy) is 1. The molecule has 5 nitrogen and oxygen atoms in total. The van der Waals surface area contributed by atoms with Crippen LogP contribution in [0.1, 0.15) is 15.9 Å². The zero-order valence-electron chi connectivity index (χ0n) is 14.1. The van der Waals surface area contributed by atoms with Gasteiger partial charge in [-0.05, 0) is 36.8 Å². The Balaban J connectivity index is 2.03. The van der Waals surface area contributed by atoms with Crippen LogP contribution >= 0.6 is 11.8 Å². The molecule has 3 aromatic rings. The lowest BCUT2D eigenvalue weighted by Crippen LogP contribution is -2.15. The van der Waals surface area contributed by atoms with Crippen LogP contribution in [0.3, 0.4) is 0 Å². The highest BCUT2D eigenvalue weighted by Gasteiger charge is 2.19. The number of fused-ring (bicyclic) bond motifs is 1. The summed E-state index contributed by atoms with van der Waals surface area (Å²) < 4.78 is 6.44. The van der Waals surface area contributed by atoms with Crippen molar-refractivity contribution in [2.45, 2.75) is 12.1 Å². The van der Waals surface area contributed by atoms with Crippen molar-refractivity contribution in [2.24, 2.45) is 0 Å². The maximum absolute atomic E-state index is 13.0. The van der Waals surface area contributed by atoms with Crippen LogP contribution in [0.25, 0.3) is 11.0 Å². The molecule has 128 valence electrons. The fourth-order valence-electron chi connectivity index (χ4n) is 2.51. The van der Waals surface area contributed by atoms with E-state index < -0.39 is 0 Å². The molecule has 2 aromatic carbocycles. The first-order valence-electron chi connectivity index (χ1n) is 7.82. The molecule has 0 aliphatic carbocycles. The number of aryl methyl sites for hydroxylation is 1. The number of carbonyl (C=O) groups excluding carboxylic acids is 2. The van der Waals surface area contributed by atoms with E-state index in [2.05, 4.69) is 4.98 Å². The van der Waals surface area contributed by atoms with Gasteiger partial charge in [0.25, 0.3) is 5.91 Å². The maximum atomic E-state index is 13.0. The number of aromatic nitrogens is 2. The van der Waals surface area contributed by atoms with E-state index >= 15 is 0 Å². The Morgan fingerprint density at radius 1 is 1.16 bits per heavy atom. The third-order valence-corrected chi connectivity index (χ3v) is 4.67. The van der Waals surface area contributed by atoms with E-state index in [4.69, 9.17) is 4.74 Å². The van der Waals surface area contributed by atoms with Crippen molar-refractivity contribution in [3.05, 3.63) is 59.7 Å². The number of thioether (sulfide) groups is 1. The third-order valence-electron chi connectivity index (χ3n) is 3.67. The van der Waals surface area contributed by atoms with Crippen LogP contribution in [0.5, 0.6) is 0 Å². The van der Waals surface area contributed by atoms with Gasteiger partial charge in [0.05, 0.1) is 16.8 Å². The van der Waals surface area contributed by atoms with Crippen LogP contribution in [0.15, 0.2) is 53.7 Å². The second-order valence-electron chi connectivity index (χ2n) is 5.65. The topological polar surface area (TPSA) is 61.2 Å². The molecule has 0 radical (unpaired) electrons. The largest absolute Gasteiger partial charge is 0.377 e. The van der Waals surface area contributed by atoms with Gasteiger partial charge >= 0.3 is 0 Å². The second-order valence-corrected chi connectivity index (χ2v) is 6.60. The molecule has 0 atom stereocenters. The molecule has 0 N–H and O–H groups in total. The molecule has 6 heteroatoms. The number of ketones is 1. The minimum Gasteiger partial charge on any atom is -0.377 e. The molecule has 0 saturated heterocycles. The van der Waals surface area contributed by atoms with Crippen molar-refractivity contribution >= 4 is 34.5 Å². The van der Waals surface area contributed by atoms with Crippen molar-refractivity contribution < 1.29 is 14.3 Å². The number of benzene rings is 2. The number of nitrogens with zero attached hydrogens (tertiary/aromatic N) is 2. The molecule has 0 aliphatic heterocycles. The summed E-state index contributed by atoms with van der Waals surface area (Å²) >= 11 is 1.25. The Kier molecular flexibility index (Phi) is 5.31. The quantitative estimate of drug-likeness (QED) is 0.635. The summed E-state index contributed by atoms with van der Waals surface area (Å²) in [4.78, 5) is 29.3. The standard InChI is InChI=1S/C19H18N2O3S/c1-13-8-9-16-17(10-13)21(18(23)14-6-4-3-5-7-14)19(20-16)25-12-15(22)11-24-2/h3-10H,11-12H2,1-2H3. The predicted octanol–water partition coefficient (Wildman–Crippen LogP) is 3.34. The summed E-state index contributed by atoms with van der Waals surface area (Å²) in [5.41, 5.74) is 3.10. The molecular formula is C19H18N2O3S. The molecule has 0 amide bonds. The molecule has 25 heavy (non-hydrogen) atoms. The molecule has 1 aromatic heterocycles. The fourth-order valence-corrected chi connectivity index (χ4v) is 3.36. The number of hydrogen-bond acceptors (Lipinski definition) is 5. The highest BCUT2D eigenvalue weighted by Crippen LogP contribution is 2.26. The van der Waals surface area contributed by atoms with Crippen LogP contribution in [-0.4, -0.2) is 40.7 Å². The highest BCUT2D eigenvalue weighted by molar-refractivity contribution is 7.99. The van der Waals surface area contributed by atoms with Gasteiger partial charge in [-0.2, -0.15) is 0 Å². The van der Waals surface area contributed by atoms with Gasteiger partial charge in [-0.15, -0.1) is 0 Å². The van der Waals surface area contributed by atoms with Crippen LogP contribution in [0.2, 0.25) is 0 Å². The molecule has 1 heterocycles. The van der Waals surface area contributed by atoms with Crippen molar-refractivity contribution in [3.63, 3.8) is 0 Å². The minimum atomic E-state index is -0.157. The van der Waals surface area contributed by atoms with Gasteiger partial charge in [0.1, 0.15) is 6.61 Å². The molecule has 0 unspecified atom stereocenters. The summed E-state index contributed by atoms with van der Waals surface area (Å²) in [5.74, 6) is 0.00271. The number of hydrogen-bond donors (Lipinski definition) is 0. The number of rotatable bonds is 6. The van der Waals surface area contributed by atoms with Crippen LogP contribution < -0.4 is 0 Å². The Morgan fingerprint density at radius 3 is 2.64 bits per heavy atom. The SMILES string of the molecule is COCC(=O)CSc1nc2ccc(C)cc2n1C(=O)c1ccccc1. The monoisotopic (exact) mass is 354 g/mol. The normalized spacial score (nSPS) is 11.0. The van der Waals surface area contributed by atoms with Crippen LogP contribution in [-0.2, 0) is 9.53 Å². The predicted molar refractivity (Wildman–Crippen MR) is 98.2 cm³/mol. The summed E-state index contributed by atoms with van der Waals surface area (Å²) in [6.07, 6.45) is 0. The summed E-state index contributed by atoms with van der Waals surface area (Å²) in [5, 5.41) is 0.513. The smallest absolute Gasteiger partial charge is 0.264 e. The van der Waals surface area contributed by atoms with Crippen molar-refractivity contribution in [2.75, 3.05) is 19.5 Å². The zero-order chi connectivity index (χ0) is 17.8. The van der Waals surface area contributed by atoms with E-state index in [0.717, 1.165) is 16.6 Å². The molecule has 0 spiro atoms. The van der Waals surface area contributed by atoms with Gasteiger partial charge in [-0.25, -0.2) is 4.98 Å². The van der Waals surface area contributed by atoms with Gasteiger partial charge in [0, 0.05) is 12.7 Å². The van der Waals surface area contributed by atoms with Gasteiger partial charge in [-0.3, -0.25) is 14.2 Å². The van der Waals surface area contributed by atoms with Gasteiger partial charge < -0.3 is 4.74 Å². The fraction of sp³-hybridized carbons (Fsp3) is 0.211. The van der Waals surface area contributed by atoms with Crippen molar-refractivity contribution in [3.8, 4) is 0 Å². The van der Waals surface area contributed by atoms with Gasteiger partial charge in [0.2, 0.25) is 0 Å². The minimum absolute atomic E-state index is 0.0468. The highest BCUT2D eigenvalue weighted by atomic mass is 32.2. The summed E-state index contributed by atoms with van der Waals surface area (Å²) in [7, 11) is 1.49. The summed E-state index contributed by atoms with van der Waals surface area (Å²) in [6, 6.07) is 14.8. The lowest BCUT2D eigenvalue weighted by molar-refractivity contribution is -0.120. The Hall–Kier alpha value is -2.44. The molecule has 0 bridgehead atoms. The van der Waals surface area contributed by atoms with E-state index in [1.807, 2.05) is 43.3 Å². The van der Waals surface area contributed by atoms with E-state index in [1.54, 1.807) is 16.7 Å². The molecule has 0 saturated carbocycles. The number of methoxy groups -OCH3 is 1. The van der Waals surface area contributed by atoms with Crippen LogP contribution in [0.4, 0.5) is 0 Å². The van der Waals surface area contributed by atoms with E-state index in [9.17, 15) is 9.59 Å². The Morgan fingerprint density at radius 2 is 1.92 bits per heavy atom. The zero-order valence-corrected chi connectivity index (χ0v) is 14.9. The molecule has 0 aliphatic rings. The molecular weight excluding hydrogens is 336 g/mol. The Bertz CT molecular complexity index is 919. The van der Waals surface area contributed by atoms with Gasteiger partial charge in [0.15, 0.2) is 10.9 Å².